The molecule has 0 radical (unpaired) electrons. The Bertz CT molecular complexity index is 6240. The highest BCUT2D eigenvalue weighted by Crippen LogP contribution is 2.89. The van der Waals surface area contributed by atoms with E-state index >= 15 is 8.39 Å². The van der Waals surface area contributed by atoms with Gasteiger partial charge < -0.3 is 0 Å². The van der Waals surface area contributed by atoms with Crippen molar-refractivity contribution in [1.29, 1.82) is 0 Å². The van der Waals surface area contributed by atoms with Crippen LogP contribution in [0.2, 0.25) is 0 Å². The molecule has 9 aliphatic heterocycles. The van der Waals surface area contributed by atoms with Crippen LogP contribution in [-0.4, -0.2) is 103 Å². The first-order valence-corrected chi connectivity index (χ1v) is 80.9. The van der Waals surface area contributed by atoms with Gasteiger partial charge >= 0.3 is 98.4 Å². The number of benzene rings is 3. The molecule has 0 amide bonds. The molecule has 0 saturated carbocycles. The van der Waals surface area contributed by atoms with Crippen LogP contribution in [0.5, 0.6) is 0 Å². The summed E-state index contributed by atoms with van der Waals surface area (Å²) in [5, 5.41) is -0.576. The molecule has 0 N–H and O–H groups in total. The second kappa shape index (κ2) is 45.8. The van der Waals surface area contributed by atoms with Crippen molar-refractivity contribution < 1.29 is 182 Å². The molecular weight excluding hydrogens is 2510 g/mol. The van der Waals surface area contributed by atoms with Gasteiger partial charge in [-0.25, -0.2) is 0 Å². The van der Waals surface area contributed by atoms with Crippen molar-refractivity contribution in [3.05, 3.63) is 90.5 Å². The third kappa shape index (κ3) is 46.3. The maximum atomic E-state index is 15.0. The van der Waals surface area contributed by atoms with E-state index < -0.39 is 237 Å². The highest BCUT2D eigenvalue weighted by Gasteiger charge is 2.49. The lowest BCUT2D eigenvalue weighted by Gasteiger charge is -2.21. The van der Waals surface area contributed by atoms with Crippen LogP contribution in [0.15, 0.2) is 207 Å². The van der Waals surface area contributed by atoms with E-state index in [1.165, 1.54) is 102 Å². The zero-order valence-electron chi connectivity index (χ0n) is 69.4. The fourth-order valence-electron chi connectivity index (χ4n) is 9.18. The number of aryl methyl sites for hydroxylation is 1. The first kappa shape index (κ1) is 130. The smallest absolute Gasteiger partial charge is 0.185 e. The molecular formula is C40H67F43N27P27. The predicted molar refractivity (Wildman–Crippen MR) is 492 cm³/mol. The Morgan fingerprint density at radius 1 is 0.204 bits per heavy atom. The first-order valence-electron chi connectivity index (χ1n) is 34.5. The quantitative estimate of drug-likeness (QED) is 0.135. The molecule has 9 aliphatic rings. The lowest BCUT2D eigenvalue weighted by atomic mass is 10.2. The average Bonchev–Trinajstić information content (AvgIpc) is 0.739. The molecule has 0 fully saturated rings. The van der Waals surface area contributed by atoms with Gasteiger partial charge in [-0.05, 0) is 56.7 Å². The van der Waals surface area contributed by atoms with Crippen LogP contribution in [0.1, 0.15) is 39.7 Å². The Hall–Kier alpha value is 0.860. The fraction of sp³-hybridized carbons (Fsp3) is 0.550. The van der Waals surface area contributed by atoms with Gasteiger partial charge in [0.2, 0.25) is 60.1 Å². The van der Waals surface area contributed by atoms with E-state index in [-0.39, 0.29) is 40.6 Å². The summed E-state index contributed by atoms with van der Waals surface area (Å²) in [6.07, 6.45) is -16.6. The summed E-state index contributed by atoms with van der Waals surface area (Å²) in [6.45, 7) is 15.6. The Morgan fingerprint density at radius 3 is 0.788 bits per heavy atom. The number of rotatable bonds is 10. The molecule has 798 valence electrons. The van der Waals surface area contributed by atoms with Crippen LogP contribution in [0.3, 0.4) is 0 Å². The van der Waals surface area contributed by atoms with Gasteiger partial charge in [0.15, 0.2) is 0 Å². The number of alkyl halides is 6. The lowest BCUT2D eigenvalue weighted by molar-refractivity contribution is -0.130. The van der Waals surface area contributed by atoms with Crippen molar-refractivity contribution in [2.45, 2.75) is 53.4 Å². The topological polar surface area (TPSA) is 334 Å². The van der Waals surface area contributed by atoms with Gasteiger partial charge in [-0.2, -0.15) is 193 Å². The predicted octanol–water partition coefficient (Wildman–Crippen LogP) is 52.8. The minimum Gasteiger partial charge on any atom is -0.185 e. The van der Waals surface area contributed by atoms with Crippen molar-refractivity contribution in [2.24, 2.45) is 122 Å². The van der Waals surface area contributed by atoms with E-state index in [0.717, 1.165) is 57.7 Å². The van der Waals surface area contributed by atoms with Gasteiger partial charge in [-0.15, -0.1) is 110 Å². The van der Waals surface area contributed by atoms with Gasteiger partial charge in [0.1, 0.15) is 6.16 Å². The largest absolute Gasteiger partial charge is 0.423 e. The first-order chi connectivity index (χ1) is 60.5. The molecule has 12 atom stereocenters. The molecule has 12 unspecified atom stereocenters. The number of halogens is 43. The van der Waals surface area contributed by atoms with E-state index in [0.29, 0.717) is 0 Å². The molecule has 0 spiro atoms. The van der Waals surface area contributed by atoms with Gasteiger partial charge in [-0.3, -0.25) is 0 Å². The SMILES string of the molecule is CCP1(F)=NP(C)(F)=NP(F)(CC)=N1.CCP1(F)=NP(F)(F)=NP(F)(CC)=N1.CP1(C)=NP(F)(F)=NP(F)(F)=N1.CP1(F)=NP(C)(F)=NP(C)(F)=N1.CP1(F)=NP(C)(F)=NP(F)(F)=N1.Cc1ccc(P2(F)=NP(F)(F)=NP(F)(F)=N2)cc1.FC(F)(F)CCP1(F)=NP(F)(F)=NP(F)(F)=N1.FC(F)(F)CP1(F)=NP(F)(F)=NP(F)(F)=N1.FP1(F)=NP(F)(c2ccccc2)=NP(F)(c2ccccc2)=N1. The van der Waals surface area contributed by atoms with Gasteiger partial charge in [0.05, 0.1) is 13.6 Å². The Labute approximate surface area is 755 Å². The second-order valence-corrected chi connectivity index (χ2v) is 84.1. The van der Waals surface area contributed by atoms with E-state index in [1.54, 1.807) is 28.1 Å². The molecule has 3 aromatic carbocycles. The molecule has 137 heavy (non-hydrogen) atoms. The highest BCUT2D eigenvalue weighted by atomic mass is 31.3. The minimum absolute atomic E-state index is 0.0340. The van der Waals surface area contributed by atoms with Crippen molar-refractivity contribution in [2.75, 3.05) is 90.3 Å². The van der Waals surface area contributed by atoms with Crippen molar-refractivity contribution in [3.8, 4) is 0 Å². The standard InChI is InChI=1S/C12H10F4N3P3.C7H7F5N3P3.C5H13F3N3P3.C4H10F4N3P3.C3H4F8N3P3.C3H9F3N3P3.C2H2F8N3P3.2C2H6F4N3P3/c13-20(11-7-3-1-4-8-11)17-21(14,19-22(15,16)18-20)12-9-5-2-6-10-12;1-6-2-4-7(5-3-6)16(8)13-17(9,10)15-18(11,12)14-16;1-4-13(7)9-12(3,6)10-14(8,5-2)11-13;1-3-12(5)9-13(6,4-2)11-14(7,8)10-12;4-3(5,6)1-2-15(7)12-16(8,9)14-17(10,11)13-15;1-10(4)7-11(2,5)9-12(3,6)8-10;3-2(4,5)1-14(6)11-15(7,8)13-16(9,10)12-14;1-10(3)7-11(2,4)9-12(5,6)8-10;1-10(2)7-11(3,4)9-12(5,6)8-10/h1-10H;2-5H,1H3;4-5H2,1-3H3;3-4H2,1-2H3;1-2H2;1-3H3;1H2;2*1-2H3. The number of hydrogen-bond acceptors (Lipinski definition) is 27. The molecule has 0 bridgehead atoms. The maximum absolute atomic E-state index is 15.0. The zero-order valence-corrected chi connectivity index (χ0v) is 93.6. The van der Waals surface area contributed by atoms with Crippen LogP contribution in [-0.2, 0) is 0 Å². The zero-order chi connectivity index (χ0) is 107. The summed E-state index contributed by atoms with van der Waals surface area (Å²) >= 11 is 0. The van der Waals surface area contributed by atoms with E-state index in [1.807, 2.05) is 13.5 Å². The molecule has 0 aliphatic carbocycles. The molecule has 0 saturated heterocycles. The molecule has 9 heterocycles. The van der Waals surface area contributed by atoms with Gasteiger partial charge in [-0.1, -0.05) is 81.8 Å². The summed E-state index contributed by atoms with van der Waals surface area (Å²) in [5.41, 5.74) is 0.746. The lowest BCUT2D eigenvalue weighted by Crippen LogP contribution is -2.12. The summed E-state index contributed by atoms with van der Waals surface area (Å²) in [4.78, 5) is 0. The summed E-state index contributed by atoms with van der Waals surface area (Å²) in [7, 11) is -126. The fourth-order valence-corrected chi connectivity index (χ4v) is 74.2. The number of nitrogens with zero attached hydrogens (tertiary/aromatic N) is 27. The third-order valence-electron chi connectivity index (χ3n) is 13.3. The number of hydrogen-bond donors (Lipinski definition) is 0. The van der Waals surface area contributed by atoms with Crippen molar-refractivity contribution in [1.82, 2.24) is 0 Å². The van der Waals surface area contributed by atoms with E-state index in [9.17, 15) is 173 Å². The van der Waals surface area contributed by atoms with Crippen LogP contribution in [0, 0.1) is 6.92 Å². The van der Waals surface area contributed by atoms with Crippen LogP contribution >= 0.6 is 206 Å². The molecule has 0 aromatic heterocycles. The Balaban J connectivity index is 0.000000324. The van der Waals surface area contributed by atoms with Crippen LogP contribution in [0.4, 0.5) is 182 Å². The Morgan fingerprint density at radius 2 is 0.453 bits per heavy atom. The van der Waals surface area contributed by atoms with Gasteiger partial charge in [0, 0.05) is 86.7 Å². The summed E-state index contributed by atoms with van der Waals surface area (Å²) in [6, 6.07) is 19.5. The van der Waals surface area contributed by atoms with Crippen molar-refractivity contribution >= 4 is 222 Å². The van der Waals surface area contributed by atoms with E-state index in [4.69, 9.17) is 0 Å². The van der Waals surface area contributed by atoms with Crippen molar-refractivity contribution in [3.63, 3.8) is 0 Å². The molecule has 97 heteroatoms. The monoisotopic (exact) mass is 2580 g/mol. The van der Waals surface area contributed by atoms with Crippen LogP contribution in [0.25, 0.3) is 0 Å². The summed E-state index contributed by atoms with van der Waals surface area (Å²) < 4.78 is 627. The van der Waals surface area contributed by atoms with E-state index in [2.05, 4.69) is 99.3 Å². The summed E-state index contributed by atoms with van der Waals surface area (Å²) in [5.74, 6) is 0. The third-order valence-corrected chi connectivity index (χ3v) is 77.9. The molecule has 12 rings (SSSR count). The molecule has 27 nitrogen and oxygen atoms in total. The van der Waals surface area contributed by atoms with Crippen LogP contribution < -0.4 is 15.9 Å². The normalized spacial score (nSPS) is 36.5. The minimum atomic E-state index is -6.04. The second-order valence-electron chi connectivity index (χ2n) is 26.7. The van der Waals surface area contributed by atoms with Gasteiger partial charge in [0.25, 0.3) is 52.6 Å². The average molecular weight is 2580 g/mol. The maximum Gasteiger partial charge on any atom is 0.423 e. The molecule has 3 aromatic rings. The highest BCUT2D eigenvalue weighted by molar-refractivity contribution is 7.88. The Kier molecular flexibility index (Phi) is 43.5.